The van der Waals surface area contributed by atoms with Gasteiger partial charge in [-0.3, -0.25) is 4.90 Å². The standard InChI is InChI=1S/C19H30N4O/c1-22-11-13-23(14-12-22)15-16-7-9-18(10-8-16)21-19(24)20-17-5-3-2-4-6-17/h7-10,17H,2-6,11-15H2,1H3,(H2,20,21,24). The second-order valence-corrected chi connectivity index (χ2v) is 7.21. The molecule has 0 bridgehead atoms. The molecule has 1 aliphatic heterocycles. The van der Waals surface area contributed by atoms with Crippen molar-refractivity contribution >= 4 is 11.7 Å². The molecule has 1 aromatic rings. The Hall–Kier alpha value is -1.59. The molecule has 2 N–H and O–H groups in total. The van der Waals surface area contributed by atoms with Crippen LogP contribution in [0.4, 0.5) is 10.5 Å². The van der Waals surface area contributed by atoms with Crippen LogP contribution >= 0.6 is 0 Å². The van der Waals surface area contributed by atoms with Gasteiger partial charge in [0.25, 0.3) is 0 Å². The predicted octanol–water partition coefficient (Wildman–Crippen LogP) is 2.89. The third-order valence-corrected chi connectivity index (χ3v) is 5.15. The zero-order valence-corrected chi connectivity index (χ0v) is 14.8. The van der Waals surface area contributed by atoms with Crippen LogP contribution in [0.1, 0.15) is 37.7 Å². The summed E-state index contributed by atoms with van der Waals surface area (Å²) in [6.07, 6.45) is 5.97. The molecule has 2 fully saturated rings. The first-order chi connectivity index (χ1) is 11.7. The number of carbonyl (C=O) groups is 1. The molecule has 1 saturated heterocycles. The van der Waals surface area contributed by atoms with Crippen molar-refractivity contribution < 1.29 is 4.79 Å². The molecule has 1 aliphatic carbocycles. The van der Waals surface area contributed by atoms with Crippen LogP contribution in [0, 0.1) is 0 Å². The highest BCUT2D eigenvalue weighted by Crippen LogP contribution is 2.18. The summed E-state index contributed by atoms with van der Waals surface area (Å²) in [6.45, 7) is 5.52. The fourth-order valence-corrected chi connectivity index (χ4v) is 3.56. The van der Waals surface area contributed by atoms with Crippen LogP contribution in [0.3, 0.4) is 0 Å². The molecule has 24 heavy (non-hydrogen) atoms. The summed E-state index contributed by atoms with van der Waals surface area (Å²) in [5, 5.41) is 6.04. The minimum absolute atomic E-state index is 0.0753. The lowest BCUT2D eigenvalue weighted by atomic mass is 9.96. The van der Waals surface area contributed by atoms with Gasteiger partial charge < -0.3 is 15.5 Å². The summed E-state index contributed by atoms with van der Waals surface area (Å²) in [5.41, 5.74) is 2.17. The van der Waals surface area contributed by atoms with Crippen LogP contribution in [0.15, 0.2) is 24.3 Å². The fraction of sp³-hybridized carbons (Fsp3) is 0.632. The van der Waals surface area contributed by atoms with E-state index in [0.29, 0.717) is 6.04 Å². The minimum Gasteiger partial charge on any atom is -0.335 e. The number of hydrogen-bond donors (Lipinski definition) is 2. The van der Waals surface area contributed by atoms with E-state index in [4.69, 9.17) is 0 Å². The number of amides is 2. The number of nitrogens with zero attached hydrogens (tertiary/aromatic N) is 2. The van der Waals surface area contributed by atoms with E-state index < -0.39 is 0 Å². The number of likely N-dealkylation sites (N-methyl/N-ethyl adjacent to an activating group) is 1. The van der Waals surface area contributed by atoms with E-state index >= 15 is 0 Å². The van der Waals surface area contributed by atoms with Crippen LogP contribution in [0.5, 0.6) is 0 Å². The first kappa shape index (κ1) is 17.2. The van der Waals surface area contributed by atoms with Crippen molar-refractivity contribution in [3.63, 3.8) is 0 Å². The topological polar surface area (TPSA) is 47.6 Å². The van der Waals surface area contributed by atoms with Gasteiger partial charge in [0.1, 0.15) is 0 Å². The number of anilines is 1. The molecule has 1 heterocycles. The zero-order valence-electron chi connectivity index (χ0n) is 14.8. The Morgan fingerprint density at radius 3 is 2.38 bits per heavy atom. The Bertz CT molecular complexity index is 517. The van der Waals surface area contributed by atoms with E-state index in [1.165, 1.54) is 24.8 Å². The average molecular weight is 330 g/mol. The highest BCUT2D eigenvalue weighted by molar-refractivity contribution is 5.89. The molecule has 0 atom stereocenters. The van der Waals surface area contributed by atoms with Crippen molar-refractivity contribution in [1.82, 2.24) is 15.1 Å². The molecule has 0 aromatic heterocycles. The Labute approximate surface area is 145 Å². The first-order valence-electron chi connectivity index (χ1n) is 9.26. The van der Waals surface area contributed by atoms with Gasteiger partial charge in [-0.2, -0.15) is 0 Å². The lowest BCUT2D eigenvalue weighted by Gasteiger charge is -2.32. The van der Waals surface area contributed by atoms with Gasteiger partial charge in [-0.1, -0.05) is 31.4 Å². The number of carbonyl (C=O) groups excluding carboxylic acids is 1. The van der Waals surface area contributed by atoms with Crippen molar-refractivity contribution in [2.24, 2.45) is 0 Å². The van der Waals surface area contributed by atoms with Gasteiger partial charge in [0.15, 0.2) is 0 Å². The highest BCUT2D eigenvalue weighted by Gasteiger charge is 2.16. The van der Waals surface area contributed by atoms with Crippen LogP contribution < -0.4 is 10.6 Å². The second kappa shape index (κ2) is 8.49. The Morgan fingerprint density at radius 1 is 1.04 bits per heavy atom. The minimum atomic E-state index is -0.0753. The van der Waals surface area contributed by atoms with Crippen molar-refractivity contribution in [3.8, 4) is 0 Å². The molecule has 2 amide bonds. The van der Waals surface area contributed by atoms with Crippen molar-refractivity contribution in [2.45, 2.75) is 44.7 Å². The van der Waals surface area contributed by atoms with Gasteiger partial charge >= 0.3 is 6.03 Å². The van der Waals surface area contributed by atoms with Gasteiger partial charge in [-0.05, 0) is 37.6 Å². The lowest BCUT2D eigenvalue weighted by Crippen LogP contribution is -2.43. The lowest BCUT2D eigenvalue weighted by molar-refractivity contribution is 0.148. The number of nitrogens with one attached hydrogen (secondary N) is 2. The fourth-order valence-electron chi connectivity index (χ4n) is 3.56. The monoisotopic (exact) mass is 330 g/mol. The maximum absolute atomic E-state index is 12.1. The molecule has 5 nitrogen and oxygen atoms in total. The van der Waals surface area contributed by atoms with E-state index in [1.807, 2.05) is 12.1 Å². The summed E-state index contributed by atoms with van der Waals surface area (Å²) in [4.78, 5) is 16.9. The summed E-state index contributed by atoms with van der Waals surface area (Å²) in [5.74, 6) is 0. The molecular formula is C19H30N4O. The molecule has 0 radical (unpaired) electrons. The normalized spacial score (nSPS) is 20.7. The van der Waals surface area contributed by atoms with Crippen molar-refractivity contribution in [2.75, 3.05) is 38.5 Å². The molecule has 132 valence electrons. The van der Waals surface area contributed by atoms with Gasteiger partial charge in [-0.15, -0.1) is 0 Å². The molecule has 3 rings (SSSR count). The first-order valence-corrected chi connectivity index (χ1v) is 9.26. The Morgan fingerprint density at radius 2 is 1.71 bits per heavy atom. The van der Waals surface area contributed by atoms with E-state index in [0.717, 1.165) is 51.3 Å². The number of piperazine rings is 1. The number of benzene rings is 1. The SMILES string of the molecule is CN1CCN(Cc2ccc(NC(=O)NC3CCCCC3)cc2)CC1. The molecule has 1 saturated carbocycles. The summed E-state index contributed by atoms with van der Waals surface area (Å²) in [7, 11) is 2.18. The number of urea groups is 1. The van der Waals surface area contributed by atoms with Crippen LogP contribution in [-0.2, 0) is 6.54 Å². The summed E-state index contributed by atoms with van der Waals surface area (Å²) in [6, 6.07) is 8.52. The Balaban J connectivity index is 1.44. The number of hydrogen-bond acceptors (Lipinski definition) is 3. The van der Waals surface area contributed by atoms with Gasteiger partial charge in [0.2, 0.25) is 0 Å². The maximum Gasteiger partial charge on any atom is 0.319 e. The molecule has 2 aliphatic rings. The molecule has 1 aromatic carbocycles. The van der Waals surface area contributed by atoms with Crippen LogP contribution in [0.2, 0.25) is 0 Å². The number of rotatable bonds is 4. The summed E-state index contributed by atoms with van der Waals surface area (Å²) < 4.78 is 0. The largest absolute Gasteiger partial charge is 0.335 e. The van der Waals surface area contributed by atoms with Gasteiger partial charge in [0, 0.05) is 44.5 Å². The smallest absolute Gasteiger partial charge is 0.319 e. The molecule has 5 heteroatoms. The molecular weight excluding hydrogens is 300 g/mol. The quantitative estimate of drug-likeness (QED) is 0.892. The third kappa shape index (κ3) is 5.21. The highest BCUT2D eigenvalue weighted by atomic mass is 16.2. The van der Waals surface area contributed by atoms with Gasteiger partial charge in [-0.25, -0.2) is 4.79 Å². The van der Waals surface area contributed by atoms with E-state index in [2.05, 4.69) is 39.6 Å². The Kier molecular flexibility index (Phi) is 6.10. The third-order valence-electron chi connectivity index (χ3n) is 5.15. The molecule has 0 spiro atoms. The van der Waals surface area contributed by atoms with Crippen LogP contribution in [0.25, 0.3) is 0 Å². The zero-order chi connectivity index (χ0) is 16.8. The van der Waals surface area contributed by atoms with E-state index in [-0.39, 0.29) is 6.03 Å². The average Bonchev–Trinajstić information content (AvgIpc) is 2.59. The van der Waals surface area contributed by atoms with E-state index in [1.54, 1.807) is 0 Å². The van der Waals surface area contributed by atoms with Crippen molar-refractivity contribution in [3.05, 3.63) is 29.8 Å². The predicted molar refractivity (Wildman–Crippen MR) is 98.2 cm³/mol. The van der Waals surface area contributed by atoms with Gasteiger partial charge in [0.05, 0.1) is 0 Å². The van der Waals surface area contributed by atoms with E-state index in [9.17, 15) is 4.79 Å². The molecule has 0 unspecified atom stereocenters. The second-order valence-electron chi connectivity index (χ2n) is 7.21. The maximum atomic E-state index is 12.1. The summed E-state index contributed by atoms with van der Waals surface area (Å²) >= 11 is 0. The van der Waals surface area contributed by atoms with Crippen molar-refractivity contribution in [1.29, 1.82) is 0 Å². The van der Waals surface area contributed by atoms with Crippen LogP contribution in [-0.4, -0.2) is 55.1 Å².